The van der Waals surface area contributed by atoms with E-state index in [-0.39, 0.29) is 12.4 Å². The van der Waals surface area contributed by atoms with Gasteiger partial charge in [0.1, 0.15) is 0 Å². The summed E-state index contributed by atoms with van der Waals surface area (Å²) in [6, 6.07) is 0. The maximum Gasteiger partial charge on any atom is 0.0165 e. The van der Waals surface area contributed by atoms with E-state index < -0.39 is 0 Å². The molecule has 0 aromatic rings. The molecule has 0 unspecified atom stereocenters. The minimum Gasteiger partial charge on any atom is -0.309 e. The quantitative estimate of drug-likeness (QED) is 0.499. The summed E-state index contributed by atoms with van der Waals surface area (Å²) in [5.41, 5.74) is 0. The Hall–Kier alpha value is 0.910. The monoisotopic (exact) mass is 244 g/mol. The number of nitrogens with zero attached hydrogens (tertiary/aromatic N) is 2. The lowest BCUT2D eigenvalue weighted by Crippen LogP contribution is -2.15. The third-order valence-electron chi connectivity index (χ3n) is 1.33. The van der Waals surface area contributed by atoms with Crippen LogP contribution in [0.25, 0.3) is 0 Å². The van der Waals surface area contributed by atoms with Crippen molar-refractivity contribution < 1.29 is 0 Å². The Bertz CT molecular complexity index is 90.1. The van der Waals surface area contributed by atoms with Gasteiger partial charge in [0.15, 0.2) is 0 Å². The van der Waals surface area contributed by atoms with E-state index in [1.54, 1.807) is 0 Å². The van der Waals surface area contributed by atoms with E-state index in [9.17, 15) is 0 Å². The van der Waals surface area contributed by atoms with Crippen LogP contribution >= 0.6 is 34.0 Å². The van der Waals surface area contributed by atoms with Crippen LogP contribution in [-0.4, -0.2) is 62.6 Å². The van der Waals surface area contributed by atoms with E-state index >= 15 is 0 Å². The van der Waals surface area contributed by atoms with Crippen LogP contribution in [0.2, 0.25) is 0 Å². The van der Waals surface area contributed by atoms with Gasteiger partial charge in [-0.2, -0.15) is 0 Å². The van der Waals surface area contributed by atoms with Crippen molar-refractivity contribution in [2.75, 3.05) is 52.8 Å². The van der Waals surface area contributed by atoms with E-state index in [1.165, 1.54) is 24.6 Å². The molecule has 0 heterocycles. The fourth-order valence-corrected chi connectivity index (χ4v) is 2.83. The van der Waals surface area contributed by atoms with Crippen molar-refractivity contribution in [2.45, 2.75) is 0 Å². The second-order valence-corrected chi connectivity index (χ2v) is 5.95. The third kappa shape index (κ3) is 15.6. The summed E-state index contributed by atoms with van der Waals surface area (Å²) in [5.74, 6) is 2.45. The zero-order valence-corrected chi connectivity index (χ0v) is 11.4. The fraction of sp³-hybridized carbons (Fsp3) is 1.00. The highest BCUT2D eigenvalue weighted by atomic mass is 35.5. The molecule has 0 aromatic heterocycles. The number of rotatable bonds is 7. The van der Waals surface area contributed by atoms with E-state index in [4.69, 9.17) is 0 Å². The molecule has 0 atom stereocenters. The largest absolute Gasteiger partial charge is 0.309 e. The molecule has 0 aliphatic heterocycles. The third-order valence-corrected chi connectivity index (χ3v) is 3.69. The lowest BCUT2D eigenvalue weighted by Gasteiger charge is -2.10. The molecule has 0 N–H and O–H groups in total. The van der Waals surface area contributed by atoms with Crippen LogP contribution in [0, 0.1) is 0 Å². The molecule has 0 aliphatic rings. The summed E-state index contributed by atoms with van der Waals surface area (Å²) in [6.45, 7) is 2.36. The van der Waals surface area contributed by atoms with Gasteiger partial charge in [-0.05, 0) is 28.2 Å². The predicted octanol–water partition coefficient (Wildman–Crippen LogP) is 1.91. The highest BCUT2D eigenvalue weighted by Crippen LogP contribution is 2.20. The molecule has 0 rings (SSSR count). The Balaban J connectivity index is 0. The molecule has 0 aromatic carbocycles. The Morgan fingerprint density at radius 2 is 1.08 bits per heavy atom. The maximum absolute atomic E-state index is 2.22. The van der Waals surface area contributed by atoms with Gasteiger partial charge in [-0.1, -0.05) is 21.6 Å². The molecule has 0 saturated carbocycles. The number of hydrogen-bond donors (Lipinski definition) is 0. The smallest absolute Gasteiger partial charge is 0.0165 e. The van der Waals surface area contributed by atoms with Crippen molar-refractivity contribution in [1.82, 2.24) is 9.80 Å². The van der Waals surface area contributed by atoms with Crippen molar-refractivity contribution in [3.8, 4) is 0 Å². The first kappa shape index (κ1) is 16.3. The van der Waals surface area contributed by atoms with E-state index in [2.05, 4.69) is 38.0 Å². The van der Waals surface area contributed by atoms with Gasteiger partial charge < -0.3 is 9.80 Å². The zero-order valence-electron chi connectivity index (χ0n) is 8.95. The van der Waals surface area contributed by atoms with Crippen molar-refractivity contribution >= 4 is 34.0 Å². The lowest BCUT2D eigenvalue weighted by atomic mass is 10.7. The summed E-state index contributed by atoms with van der Waals surface area (Å²) in [6.07, 6.45) is 0. The number of hydrogen-bond acceptors (Lipinski definition) is 4. The fourth-order valence-electron chi connectivity index (χ4n) is 0.558. The molecule has 0 saturated heterocycles. The Labute approximate surface area is 96.6 Å². The van der Waals surface area contributed by atoms with Gasteiger partial charge in [0, 0.05) is 24.6 Å². The van der Waals surface area contributed by atoms with E-state index in [0.717, 1.165) is 0 Å². The summed E-state index contributed by atoms with van der Waals surface area (Å²) in [7, 11) is 12.4. The molecule has 5 heteroatoms. The van der Waals surface area contributed by atoms with E-state index in [1.807, 2.05) is 21.6 Å². The second-order valence-electron chi connectivity index (χ2n) is 3.25. The van der Waals surface area contributed by atoms with E-state index in [0.29, 0.717) is 0 Å². The second kappa shape index (κ2) is 11.0. The normalized spacial score (nSPS) is 10.6. The first-order chi connectivity index (χ1) is 5.63. The SMILES string of the molecule is CN(C)CCSSCCN(C)C.Cl. The molecule has 13 heavy (non-hydrogen) atoms. The Morgan fingerprint density at radius 1 is 0.769 bits per heavy atom. The average Bonchev–Trinajstić information content (AvgIpc) is 1.95. The van der Waals surface area contributed by atoms with Gasteiger partial charge in [-0.15, -0.1) is 12.4 Å². The zero-order chi connectivity index (χ0) is 9.40. The standard InChI is InChI=1S/C8H20N2S2.ClH/c1-9(2)5-7-11-12-8-6-10(3)4;/h5-8H2,1-4H3;1H. The first-order valence-electron chi connectivity index (χ1n) is 4.17. The Morgan fingerprint density at radius 3 is 1.31 bits per heavy atom. The molecular weight excluding hydrogens is 224 g/mol. The van der Waals surface area contributed by atoms with Crippen molar-refractivity contribution in [3.05, 3.63) is 0 Å². The highest BCUT2D eigenvalue weighted by molar-refractivity contribution is 8.76. The summed E-state index contributed by atoms with van der Waals surface area (Å²) in [4.78, 5) is 4.44. The molecule has 0 bridgehead atoms. The summed E-state index contributed by atoms with van der Waals surface area (Å²) >= 11 is 0. The number of halogens is 1. The topological polar surface area (TPSA) is 6.48 Å². The van der Waals surface area contributed by atoms with Crippen LogP contribution in [0.4, 0.5) is 0 Å². The van der Waals surface area contributed by atoms with Crippen LogP contribution in [0.1, 0.15) is 0 Å². The molecule has 0 amide bonds. The predicted molar refractivity (Wildman–Crippen MR) is 69.3 cm³/mol. The molecule has 0 radical (unpaired) electrons. The molecule has 82 valence electrons. The van der Waals surface area contributed by atoms with Gasteiger partial charge >= 0.3 is 0 Å². The van der Waals surface area contributed by atoms with Gasteiger partial charge in [0.25, 0.3) is 0 Å². The van der Waals surface area contributed by atoms with Gasteiger partial charge in [-0.3, -0.25) is 0 Å². The summed E-state index contributed by atoms with van der Waals surface area (Å²) < 4.78 is 0. The molecule has 0 spiro atoms. The Kier molecular flexibility index (Phi) is 13.8. The molecule has 0 aliphatic carbocycles. The lowest BCUT2D eigenvalue weighted by molar-refractivity contribution is 0.437. The van der Waals surface area contributed by atoms with Crippen LogP contribution in [0.15, 0.2) is 0 Å². The van der Waals surface area contributed by atoms with Gasteiger partial charge in [-0.25, -0.2) is 0 Å². The molecule has 0 fully saturated rings. The van der Waals surface area contributed by atoms with Crippen molar-refractivity contribution in [3.63, 3.8) is 0 Å². The van der Waals surface area contributed by atoms with Gasteiger partial charge in [0.2, 0.25) is 0 Å². The molecular formula is C8H21ClN2S2. The first-order valence-corrected chi connectivity index (χ1v) is 6.65. The van der Waals surface area contributed by atoms with Crippen molar-refractivity contribution in [1.29, 1.82) is 0 Å². The average molecular weight is 245 g/mol. The maximum atomic E-state index is 2.22. The van der Waals surface area contributed by atoms with Crippen LogP contribution in [0.5, 0.6) is 0 Å². The van der Waals surface area contributed by atoms with Crippen LogP contribution < -0.4 is 0 Å². The van der Waals surface area contributed by atoms with Crippen LogP contribution in [-0.2, 0) is 0 Å². The highest BCUT2D eigenvalue weighted by Gasteiger charge is 1.93. The minimum absolute atomic E-state index is 0. The minimum atomic E-state index is 0. The van der Waals surface area contributed by atoms with Crippen molar-refractivity contribution in [2.24, 2.45) is 0 Å². The molecule has 2 nitrogen and oxygen atoms in total. The summed E-state index contributed by atoms with van der Waals surface area (Å²) in [5, 5.41) is 0. The van der Waals surface area contributed by atoms with Gasteiger partial charge in [0.05, 0.1) is 0 Å². The van der Waals surface area contributed by atoms with Crippen LogP contribution in [0.3, 0.4) is 0 Å².